The summed E-state index contributed by atoms with van der Waals surface area (Å²) >= 11 is 2.38. The Bertz CT molecular complexity index is 1230. The topological polar surface area (TPSA) is 31.4 Å². The minimum Gasteiger partial charge on any atom is -0.410 e. The second kappa shape index (κ2) is 10.1. The van der Waals surface area contributed by atoms with Crippen molar-refractivity contribution in [1.29, 1.82) is 0 Å². The van der Waals surface area contributed by atoms with Gasteiger partial charge in [0.15, 0.2) is 8.32 Å². The summed E-state index contributed by atoms with van der Waals surface area (Å²) in [4.78, 5) is 5.33. The number of aromatic nitrogens is 1. The molecule has 0 spiro atoms. The molecule has 1 aliphatic carbocycles. The molecule has 4 rings (SSSR count). The van der Waals surface area contributed by atoms with Gasteiger partial charge < -0.3 is 9.16 Å². The predicted molar refractivity (Wildman–Crippen MR) is 162 cm³/mol. The van der Waals surface area contributed by atoms with Crippen molar-refractivity contribution < 1.29 is 22.3 Å². The fourth-order valence-corrected chi connectivity index (χ4v) is 7.59. The Labute approximate surface area is 246 Å². The summed E-state index contributed by atoms with van der Waals surface area (Å²) in [6, 6.07) is 5.44. The van der Waals surface area contributed by atoms with E-state index in [1.807, 2.05) is 0 Å². The zero-order chi connectivity index (χ0) is 29.3. The molecule has 0 radical (unpaired) electrons. The van der Waals surface area contributed by atoms with E-state index in [1.165, 1.54) is 0 Å². The van der Waals surface area contributed by atoms with Gasteiger partial charge in [0.1, 0.15) is 11.7 Å². The van der Waals surface area contributed by atoms with Crippen molar-refractivity contribution in [2.75, 3.05) is 4.43 Å². The number of ether oxygens (including phenoxy) is 1. The predicted octanol–water partition coefficient (Wildman–Crippen LogP) is 10.0. The largest absolute Gasteiger partial charge is 0.416 e. The molecule has 39 heavy (non-hydrogen) atoms. The van der Waals surface area contributed by atoms with Crippen LogP contribution in [-0.4, -0.2) is 17.7 Å². The molecule has 3 nitrogen and oxygen atoms in total. The van der Waals surface area contributed by atoms with Gasteiger partial charge in [-0.25, -0.2) is 0 Å². The van der Waals surface area contributed by atoms with Crippen molar-refractivity contribution in [2.24, 2.45) is 5.41 Å². The van der Waals surface area contributed by atoms with E-state index < -0.39 is 31.8 Å². The monoisotopic (exact) mass is 673 g/mol. The first kappa shape index (κ1) is 31.0. The van der Waals surface area contributed by atoms with Gasteiger partial charge in [-0.15, -0.1) is 0 Å². The molecule has 216 valence electrons. The summed E-state index contributed by atoms with van der Waals surface area (Å²) in [5.74, 6) is 0.131. The van der Waals surface area contributed by atoms with Crippen LogP contribution in [0.1, 0.15) is 119 Å². The van der Waals surface area contributed by atoms with E-state index in [-0.39, 0.29) is 22.5 Å². The Morgan fingerprint density at radius 2 is 1.67 bits per heavy atom. The Kier molecular flexibility index (Phi) is 8.01. The number of hydrogen-bond acceptors (Lipinski definition) is 3. The number of rotatable bonds is 5. The number of fused-ring (bicyclic) bond motifs is 3. The van der Waals surface area contributed by atoms with Crippen LogP contribution in [0.3, 0.4) is 0 Å². The minimum atomic E-state index is -4.38. The van der Waals surface area contributed by atoms with Crippen molar-refractivity contribution >= 4 is 30.9 Å². The van der Waals surface area contributed by atoms with Gasteiger partial charge in [-0.1, -0.05) is 83.2 Å². The third-order valence-corrected chi connectivity index (χ3v) is 14.8. The van der Waals surface area contributed by atoms with Crippen LogP contribution in [0.2, 0.25) is 18.1 Å². The highest BCUT2D eigenvalue weighted by atomic mass is 127. The molecule has 2 aromatic rings. The maximum Gasteiger partial charge on any atom is 0.416 e. The SMILES string of the molecule is CC(C)c1nc2c(c3c1[C@@H](c1ccc(C(F)(F)F)cc1)OC3(C)CI)[C@@H](O[Si](C)(C)C(C)(C)C)CC(C)(C)C2. The van der Waals surface area contributed by atoms with E-state index in [0.717, 1.165) is 58.6 Å². The average molecular weight is 674 g/mol. The van der Waals surface area contributed by atoms with E-state index in [4.69, 9.17) is 14.1 Å². The maximum absolute atomic E-state index is 13.3. The van der Waals surface area contributed by atoms with Crippen molar-refractivity contribution in [3.8, 4) is 0 Å². The molecule has 0 saturated carbocycles. The normalized spacial score (nSPS) is 25.1. The quantitative estimate of drug-likeness (QED) is 0.180. The molecular weight excluding hydrogens is 630 g/mol. The first-order valence-corrected chi connectivity index (χ1v) is 18.3. The fourth-order valence-electron chi connectivity index (χ4n) is 5.76. The molecule has 0 amide bonds. The van der Waals surface area contributed by atoms with Crippen LogP contribution in [-0.2, 0) is 27.4 Å². The highest BCUT2D eigenvalue weighted by Crippen LogP contribution is 2.57. The molecule has 1 unspecified atom stereocenters. The van der Waals surface area contributed by atoms with Crippen molar-refractivity contribution in [1.82, 2.24) is 4.98 Å². The van der Waals surface area contributed by atoms with Crippen molar-refractivity contribution in [3.63, 3.8) is 0 Å². The van der Waals surface area contributed by atoms with Gasteiger partial charge in [0, 0.05) is 26.9 Å². The summed E-state index contributed by atoms with van der Waals surface area (Å²) in [6.45, 7) is 22.4. The highest BCUT2D eigenvalue weighted by molar-refractivity contribution is 14.1. The van der Waals surface area contributed by atoms with Crippen LogP contribution in [0.25, 0.3) is 0 Å². The van der Waals surface area contributed by atoms with Gasteiger partial charge in [0.05, 0.1) is 11.7 Å². The van der Waals surface area contributed by atoms with Gasteiger partial charge in [-0.3, -0.25) is 4.98 Å². The molecular formula is C31H43F3INO2Si. The number of hydrogen-bond donors (Lipinski definition) is 0. The van der Waals surface area contributed by atoms with Gasteiger partial charge in [-0.2, -0.15) is 13.2 Å². The lowest BCUT2D eigenvalue weighted by molar-refractivity contribution is -0.137. The van der Waals surface area contributed by atoms with Crippen LogP contribution in [0.5, 0.6) is 0 Å². The van der Waals surface area contributed by atoms with E-state index in [9.17, 15) is 13.2 Å². The number of halogens is 4. The zero-order valence-electron chi connectivity index (χ0n) is 24.9. The molecule has 3 atom stereocenters. The van der Waals surface area contributed by atoms with Crippen LogP contribution < -0.4 is 0 Å². The lowest BCUT2D eigenvalue weighted by atomic mass is 9.71. The molecule has 0 bridgehead atoms. The summed E-state index contributed by atoms with van der Waals surface area (Å²) < 4.78 is 54.8. The molecule has 2 heterocycles. The Hall–Kier alpha value is -0.973. The van der Waals surface area contributed by atoms with E-state index in [2.05, 4.69) is 91.1 Å². The summed E-state index contributed by atoms with van der Waals surface area (Å²) in [7, 11) is -2.13. The molecule has 0 fully saturated rings. The van der Waals surface area contributed by atoms with Crippen LogP contribution >= 0.6 is 22.6 Å². The summed E-state index contributed by atoms with van der Waals surface area (Å²) in [5, 5.41) is 0.0507. The average Bonchev–Trinajstić information content (AvgIpc) is 3.10. The van der Waals surface area contributed by atoms with Crippen molar-refractivity contribution in [3.05, 3.63) is 63.5 Å². The molecule has 1 aliphatic heterocycles. The summed E-state index contributed by atoms with van der Waals surface area (Å²) in [6.07, 6.45) is -3.22. The Balaban J connectivity index is 1.98. The highest BCUT2D eigenvalue weighted by Gasteiger charge is 2.51. The minimum absolute atomic E-state index is 0.0303. The molecule has 0 saturated heterocycles. The number of pyridine rings is 1. The maximum atomic E-state index is 13.3. The van der Waals surface area contributed by atoms with E-state index in [0.29, 0.717) is 4.43 Å². The van der Waals surface area contributed by atoms with Crippen LogP contribution in [0.4, 0.5) is 13.2 Å². The lowest BCUT2D eigenvalue weighted by Crippen LogP contribution is -2.44. The summed E-state index contributed by atoms with van der Waals surface area (Å²) in [5.41, 5.74) is 4.88. The third kappa shape index (κ3) is 5.73. The smallest absolute Gasteiger partial charge is 0.410 e. The molecule has 1 aromatic heterocycles. The molecule has 0 N–H and O–H groups in total. The first-order valence-electron chi connectivity index (χ1n) is 13.9. The van der Waals surface area contributed by atoms with Crippen molar-refractivity contribution in [2.45, 2.75) is 116 Å². The Morgan fingerprint density at radius 1 is 1.08 bits per heavy atom. The zero-order valence-corrected chi connectivity index (χ0v) is 28.1. The lowest BCUT2D eigenvalue weighted by Gasteiger charge is -2.45. The Morgan fingerprint density at radius 3 is 2.15 bits per heavy atom. The van der Waals surface area contributed by atoms with Crippen LogP contribution in [0, 0.1) is 5.41 Å². The first-order chi connectivity index (χ1) is 17.7. The number of benzene rings is 1. The van der Waals surface area contributed by atoms with Gasteiger partial charge in [-0.05, 0) is 72.5 Å². The fraction of sp³-hybridized carbons (Fsp3) is 0.645. The van der Waals surface area contributed by atoms with Crippen LogP contribution in [0.15, 0.2) is 24.3 Å². The third-order valence-electron chi connectivity index (χ3n) is 8.84. The second-order valence-electron chi connectivity index (χ2n) is 14.2. The van der Waals surface area contributed by atoms with Gasteiger partial charge >= 0.3 is 6.18 Å². The number of alkyl halides is 4. The molecule has 8 heteroatoms. The standard InChI is InChI=1S/C31H43F3INO2Si/c1-18(2)26-24-25(30(8,17-35)37-27(24)19-11-13-20(14-12-19)31(32,33)34)23-21(36-26)15-29(6,7)16-22(23)38-39(9,10)28(3,4)5/h11-14,18,22,27H,15-17H2,1-10H3/t22-,27+,30?/m0/s1. The molecule has 2 aliphatic rings. The molecule has 1 aromatic carbocycles. The number of nitrogens with zero attached hydrogens (tertiary/aromatic N) is 1. The van der Waals surface area contributed by atoms with Gasteiger partial charge in [0.25, 0.3) is 0 Å². The van der Waals surface area contributed by atoms with Gasteiger partial charge in [0.2, 0.25) is 0 Å². The van der Waals surface area contributed by atoms with E-state index >= 15 is 0 Å². The van der Waals surface area contributed by atoms with E-state index in [1.54, 1.807) is 12.1 Å². The second-order valence-corrected chi connectivity index (χ2v) is 19.7.